The second-order valence-corrected chi connectivity index (χ2v) is 9.47. The molecule has 9 heteroatoms. The van der Waals surface area contributed by atoms with E-state index in [-0.39, 0.29) is 23.3 Å². The number of nitrogens with one attached hydrogen (secondary N) is 1. The number of fused-ring (bicyclic) bond motifs is 1. The smallest absolute Gasteiger partial charge is 0.289 e. The van der Waals surface area contributed by atoms with Crippen molar-refractivity contribution in [3.63, 3.8) is 0 Å². The summed E-state index contributed by atoms with van der Waals surface area (Å²) in [6.45, 7) is 5.76. The van der Waals surface area contributed by atoms with Crippen LogP contribution in [0.15, 0.2) is 4.52 Å². The summed E-state index contributed by atoms with van der Waals surface area (Å²) in [5.74, 6) is 1.79. The molecule has 2 amide bonds. The van der Waals surface area contributed by atoms with Crippen LogP contribution in [0.5, 0.6) is 0 Å². The molecule has 1 N–H and O–H groups in total. The maximum Gasteiger partial charge on any atom is 0.289 e. The minimum atomic E-state index is -0.108. The molecule has 0 aromatic carbocycles. The lowest BCUT2D eigenvalue weighted by Crippen LogP contribution is -2.35. The maximum atomic E-state index is 13.1. The van der Waals surface area contributed by atoms with Gasteiger partial charge in [-0.25, -0.2) is 0 Å². The molecule has 1 saturated carbocycles. The van der Waals surface area contributed by atoms with E-state index < -0.39 is 0 Å². The first-order valence-corrected chi connectivity index (χ1v) is 11.4. The molecule has 2 aliphatic heterocycles. The lowest BCUT2D eigenvalue weighted by Gasteiger charge is -2.27. The SMILES string of the molecule is Cc1noc(C)c1C(=O)N1CC[C@@]2(CCc3nnc(C(=O)NC4CCCC4)n3CC2)C1. The van der Waals surface area contributed by atoms with Crippen molar-refractivity contribution in [2.45, 2.75) is 77.8 Å². The zero-order valence-corrected chi connectivity index (χ0v) is 18.3. The summed E-state index contributed by atoms with van der Waals surface area (Å²) >= 11 is 0. The van der Waals surface area contributed by atoms with Crippen molar-refractivity contribution in [2.75, 3.05) is 13.1 Å². The quantitative estimate of drug-likeness (QED) is 0.808. The highest BCUT2D eigenvalue weighted by Gasteiger charge is 2.42. The van der Waals surface area contributed by atoms with Gasteiger partial charge in [-0.2, -0.15) is 0 Å². The molecule has 0 bridgehead atoms. The van der Waals surface area contributed by atoms with E-state index in [0.29, 0.717) is 29.4 Å². The zero-order valence-electron chi connectivity index (χ0n) is 18.3. The number of hydrogen-bond acceptors (Lipinski definition) is 6. The van der Waals surface area contributed by atoms with Crippen LogP contribution in [0.25, 0.3) is 0 Å². The third-order valence-electron chi connectivity index (χ3n) is 7.44. The molecule has 2 fully saturated rings. The fourth-order valence-corrected chi connectivity index (χ4v) is 5.56. The summed E-state index contributed by atoms with van der Waals surface area (Å²) in [6, 6.07) is 0.260. The number of carbonyl (C=O) groups excluding carboxylic acids is 2. The van der Waals surface area contributed by atoms with Crippen molar-refractivity contribution in [2.24, 2.45) is 5.41 Å². The van der Waals surface area contributed by atoms with Gasteiger partial charge in [0.25, 0.3) is 11.8 Å². The summed E-state index contributed by atoms with van der Waals surface area (Å²) < 4.78 is 7.19. The maximum absolute atomic E-state index is 13.1. The first kappa shape index (κ1) is 20.2. The Morgan fingerprint density at radius 3 is 2.61 bits per heavy atom. The van der Waals surface area contributed by atoms with Crippen molar-refractivity contribution in [1.29, 1.82) is 0 Å². The summed E-state index contributed by atoms with van der Waals surface area (Å²) in [4.78, 5) is 27.8. The van der Waals surface area contributed by atoms with E-state index in [9.17, 15) is 9.59 Å². The number of rotatable bonds is 3. The molecule has 3 aliphatic rings. The van der Waals surface area contributed by atoms with Crippen LogP contribution in [-0.2, 0) is 13.0 Å². The Morgan fingerprint density at radius 1 is 1.10 bits per heavy atom. The molecule has 31 heavy (non-hydrogen) atoms. The van der Waals surface area contributed by atoms with Crippen LogP contribution in [0.1, 0.15) is 83.2 Å². The summed E-state index contributed by atoms with van der Waals surface area (Å²) in [6.07, 6.45) is 8.04. The van der Waals surface area contributed by atoms with E-state index in [1.807, 2.05) is 16.4 Å². The number of nitrogens with zero attached hydrogens (tertiary/aromatic N) is 5. The van der Waals surface area contributed by atoms with Gasteiger partial charge in [-0.05, 0) is 51.4 Å². The Bertz CT molecular complexity index is 986. The molecule has 1 saturated heterocycles. The molecule has 5 rings (SSSR count). The standard InChI is InChI=1S/C22H30N6O3/c1-14-18(15(2)31-26-14)21(30)27-11-9-22(13-27)8-7-17-24-25-19(28(17)12-10-22)20(29)23-16-5-3-4-6-16/h16H,3-13H2,1-2H3,(H,23,29)/t22-/m1/s1. The van der Waals surface area contributed by atoms with Gasteiger partial charge in [-0.15, -0.1) is 10.2 Å². The Morgan fingerprint density at radius 2 is 1.87 bits per heavy atom. The topological polar surface area (TPSA) is 106 Å². The zero-order chi connectivity index (χ0) is 21.6. The third kappa shape index (κ3) is 3.64. The molecular formula is C22H30N6O3. The molecule has 4 heterocycles. The molecule has 2 aromatic heterocycles. The molecule has 2 aromatic rings. The van der Waals surface area contributed by atoms with Gasteiger partial charge in [0.1, 0.15) is 17.1 Å². The molecule has 166 valence electrons. The van der Waals surface area contributed by atoms with Gasteiger partial charge < -0.3 is 19.3 Å². The van der Waals surface area contributed by atoms with Gasteiger partial charge in [-0.1, -0.05) is 18.0 Å². The first-order chi connectivity index (χ1) is 15.0. The van der Waals surface area contributed by atoms with Crippen LogP contribution in [0.2, 0.25) is 0 Å². The van der Waals surface area contributed by atoms with Gasteiger partial charge in [0.2, 0.25) is 5.82 Å². The fourth-order valence-electron chi connectivity index (χ4n) is 5.56. The van der Waals surface area contributed by atoms with Crippen LogP contribution in [0.4, 0.5) is 0 Å². The Kier molecular flexibility index (Phi) is 5.06. The number of carbonyl (C=O) groups is 2. The number of amides is 2. The fraction of sp³-hybridized carbons (Fsp3) is 0.682. The van der Waals surface area contributed by atoms with E-state index >= 15 is 0 Å². The molecule has 1 spiro atoms. The molecule has 9 nitrogen and oxygen atoms in total. The highest BCUT2D eigenvalue weighted by molar-refractivity contribution is 5.96. The van der Waals surface area contributed by atoms with Crippen LogP contribution < -0.4 is 5.32 Å². The van der Waals surface area contributed by atoms with Crippen molar-refractivity contribution in [1.82, 2.24) is 30.1 Å². The second-order valence-electron chi connectivity index (χ2n) is 9.47. The highest BCUT2D eigenvalue weighted by atomic mass is 16.5. The highest BCUT2D eigenvalue weighted by Crippen LogP contribution is 2.41. The van der Waals surface area contributed by atoms with Crippen LogP contribution in [-0.4, -0.2) is 55.8 Å². The molecule has 0 radical (unpaired) electrons. The minimum Gasteiger partial charge on any atom is -0.361 e. The average molecular weight is 427 g/mol. The number of hydrogen-bond donors (Lipinski definition) is 1. The normalized spacial score (nSPS) is 23.9. The van der Waals surface area contributed by atoms with E-state index in [1.54, 1.807) is 6.92 Å². The summed E-state index contributed by atoms with van der Waals surface area (Å²) in [7, 11) is 0. The summed E-state index contributed by atoms with van der Waals surface area (Å²) in [5, 5.41) is 15.6. The third-order valence-corrected chi connectivity index (χ3v) is 7.44. The summed E-state index contributed by atoms with van der Waals surface area (Å²) in [5.41, 5.74) is 1.29. The predicted octanol–water partition coefficient (Wildman–Crippen LogP) is 2.42. The van der Waals surface area contributed by atoms with Crippen molar-refractivity contribution >= 4 is 11.8 Å². The van der Waals surface area contributed by atoms with Crippen LogP contribution in [0.3, 0.4) is 0 Å². The van der Waals surface area contributed by atoms with Crippen molar-refractivity contribution in [3.05, 3.63) is 28.7 Å². The largest absolute Gasteiger partial charge is 0.361 e. The van der Waals surface area contributed by atoms with Crippen LogP contribution >= 0.6 is 0 Å². The van der Waals surface area contributed by atoms with Crippen LogP contribution in [0, 0.1) is 19.3 Å². The molecule has 1 atom stereocenters. The van der Waals surface area contributed by atoms with E-state index in [2.05, 4.69) is 20.7 Å². The Balaban J connectivity index is 1.28. The van der Waals surface area contributed by atoms with E-state index in [1.165, 1.54) is 12.8 Å². The van der Waals surface area contributed by atoms with E-state index in [0.717, 1.165) is 57.4 Å². The van der Waals surface area contributed by atoms with Gasteiger partial charge in [0.15, 0.2) is 0 Å². The average Bonchev–Trinajstić information content (AvgIpc) is 3.51. The second kappa shape index (κ2) is 7.76. The number of aromatic nitrogens is 4. The molecule has 1 aliphatic carbocycles. The number of aryl methyl sites for hydroxylation is 3. The molecular weight excluding hydrogens is 396 g/mol. The monoisotopic (exact) mass is 426 g/mol. The lowest BCUT2D eigenvalue weighted by atomic mass is 9.80. The lowest BCUT2D eigenvalue weighted by molar-refractivity contribution is 0.0764. The first-order valence-electron chi connectivity index (χ1n) is 11.4. The minimum absolute atomic E-state index is 0.00778. The van der Waals surface area contributed by atoms with Gasteiger partial charge >= 0.3 is 0 Å². The van der Waals surface area contributed by atoms with Gasteiger partial charge in [0.05, 0.1) is 5.69 Å². The van der Waals surface area contributed by atoms with E-state index in [4.69, 9.17) is 4.52 Å². The van der Waals surface area contributed by atoms with Gasteiger partial charge in [-0.3, -0.25) is 9.59 Å². The van der Waals surface area contributed by atoms with Gasteiger partial charge in [0, 0.05) is 32.1 Å². The molecule has 0 unspecified atom stereocenters. The Hall–Kier alpha value is -2.71. The Labute approximate surface area is 181 Å². The van der Waals surface area contributed by atoms with Crippen molar-refractivity contribution in [3.8, 4) is 0 Å². The van der Waals surface area contributed by atoms with Crippen molar-refractivity contribution < 1.29 is 14.1 Å². The predicted molar refractivity (Wildman–Crippen MR) is 112 cm³/mol. The number of likely N-dealkylation sites (tertiary alicyclic amines) is 1.